The van der Waals surface area contributed by atoms with E-state index in [4.69, 9.17) is 24.4 Å². The summed E-state index contributed by atoms with van der Waals surface area (Å²) in [6, 6.07) is 11.5. The van der Waals surface area contributed by atoms with Crippen molar-refractivity contribution in [1.29, 1.82) is 0 Å². The van der Waals surface area contributed by atoms with E-state index in [0.717, 1.165) is 84.4 Å². The molecule has 0 bridgehead atoms. The number of aromatic nitrogens is 5. The predicted molar refractivity (Wildman–Crippen MR) is 178 cm³/mol. The van der Waals surface area contributed by atoms with E-state index in [9.17, 15) is 9.90 Å². The van der Waals surface area contributed by atoms with Crippen molar-refractivity contribution in [2.75, 3.05) is 26.8 Å². The Bertz CT molecular complexity index is 1950. The van der Waals surface area contributed by atoms with Gasteiger partial charge in [0.1, 0.15) is 38.8 Å². The minimum absolute atomic E-state index is 0.0590. The molecule has 0 spiro atoms. The lowest BCUT2D eigenvalue weighted by Crippen LogP contribution is -2.38. The quantitative estimate of drug-likeness (QED) is 0.184. The van der Waals surface area contributed by atoms with Crippen LogP contribution in [0.25, 0.3) is 36.5 Å². The van der Waals surface area contributed by atoms with E-state index in [1.165, 1.54) is 11.3 Å². The van der Waals surface area contributed by atoms with Crippen LogP contribution < -0.4 is 9.47 Å². The van der Waals surface area contributed by atoms with Crippen molar-refractivity contribution in [2.24, 2.45) is 5.92 Å². The normalized spacial score (nSPS) is 14.1. The zero-order valence-corrected chi connectivity index (χ0v) is 27.6. The van der Waals surface area contributed by atoms with Crippen molar-refractivity contribution >= 4 is 55.1 Å². The number of imidazole rings is 1. The van der Waals surface area contributed by atoms with Gasteiger partial charge in [0.15, 0.2) is 0 Å². The summed E-state index contributed by atoms with van der Waals surface area (Å²) < 4.78 is 14.6. The van der Waals surface area contributed by atoms with Crippen molar-refractivity contribution < 1.29 is 19.4 Å². The molecule has 1 aliphatic rings. The van der Waals surface area contributed by atoms with E-state index in [1.807, 2.05) is 61.3 Å². The lowest BCUT2D eigenvalue weighted by molar-refractivity contribution is 0.0678. The van der Waals surface area contributed by atoms with Crippen molar-refractivity contribution in [3.05, 3.63) is 63.7 Å². The highest BCUT2D eigenvalue weighted by atomic mass is 32.1. The minimum Gasteiger partial charge on any atom is -0.497 e. The number of ether oxygens (including phenoxy) is 2. The molecule has 0 atom stereocenters. The van der Waals surface area contributed by atoms with Crippen LogP contribution in [-0.4, -0.2) is 67.3 Å². The Labute approximate surface area is 271 Å². The highest BCUT2D eigenvalue weighted by molar-refractivity contribution is 7.22. The summed E-state index contributed by atoms with van der Waals surface area (Å²) in [5.74, 6) is 1.91. The fraction of sp³-hybridized carbons (Fsp3) is 0.344. The van der Waals surface area contributed by atoms with Gasteiger partial charge in [0.25, 0.3) is 5.91 Å². The predicted octanol–water partition coefficient (Wildman–Crippen LogP) is 6.63. The van der Waals surface area contributed by atoms with Gasteiger partial charge in [-0.25, -0.2) is 19.5 Å². The fourth-order valence-electron chi connectivity index (χ4n) is 5.59. The van der Waals surface area contributed by atoms with Gasteiger partial charge in [-0.3, -0.25) is 4.79 Å². The third-order valence-electron chi connectivity index (χ3n) is 8.10. The van der Waals surface area contributed by atoms with Gasteiger partial charge in [0.2, 0.25) is 4.96 Å². The summed E-state index contributed by atoms with van der Waals surface area (Å²) in [6.45, 7) is 6.00. The Morgan fingerprint density at radius 3 is 2.56 bits per heavy atom. The van der Waals surface area contributed by atoms with Crippen molar-refractivity contribution in [1.82, 2.24) is 29.5 Å². The molecule has 2 aromatic carbocycles. The molecule has 45 heavy (non-hydrogen) atoms. The zero-order valence-electron chi connectivity index (χ0n) is 25.1. The van der Waals surface area contributed by atoms with Crippen LogP contribution in [0, 0.1) is 19.8 Å². The van der Waals surface area contributed by atoms with Crippen LogP contribution in [0.15, 0.2) is 42.6 Å². The molecule has 1 N–H and O–H groups in total. The molecule has 0 radical (unpaired) electrons. The number of aliphatic hydroxyl groups excluding tert-OH is 1. The van der Waals surface area contributed by atoms with Crippen molar-refractivity contribution in [2.45, 2.75) is 39.7 Å². The summed E-state index contributed by atoms with van der Waals surface area (Å²) in [4.78, 5) is 31.4. The SMILES string of the molecule is COc1cc(OCc2nc(-c3ccc(C(=O)N4CCC(CCO)CC4)cc3)sc2C)c2sc(-c3cn4nc(C)sc4n3)nc2c1. The van der Waals surface area contributed by atoms with Gasteiger partial charge < -0.3 is 19.5 Å². The standard InChI is InChI=1S/C32H32N6O4S3/c1-18-26(34-29(43-18)21-4-6-22(7-5-21)31(40)37-11-8-20(9-12-37)10-13-39)17-42-27-15-23(41-3)14-24-28(27)45-30(33-24)25-16-38-32(35-25)44-19(2)36-38/h4-7,14-16,20,39H,8-13,17H2,1-3H3. The number of benzene rings is 2. The molecule has 6 aromatic rings. The number of fused-ring (bicyclic) bond motifs is 2. The molecule has 1 fully saturated rings. The molecule has 0 unspecified atom stereocenters. The van der Waals surface area contributed by atoms with Crippen molar-refractivity contribution in [3.63, 3.8) is 0 Å². The Morgan fingerprint density at radius 1 is 1.02 bits per heavy atom. The molecule has 1 aliphatic heterocycles. The Morgan fingerprint density at radius 2 is 1.82 bits per heavy atom. The van der Waals surface area contributed by atoms with Gasteiger partial charge in [0.05, 0.1) is 29.2 Å². The first-order valence-electron chi connectivity index (χ1n) is 14.8. The molecule has 5 heterocycles. The van der Waals surface area contributed by atoms with E-state index >= 15 is 0 Å². The maximum atomic E-state index is 13.1. The molecule has 10 nitrogen and oxygen atoms in total. The number of carbonyl (C=O) groups is 1. The molecule has 0 aliphatic carbocycles. The van der Waals surface area contributed by atoms with Crippen LogP contribution in [0.5, 0.6) is 11.5 Å². The van der Waals surface area contributed by atoms with Gasteiger partial charge >= 0.3 is 0 Å². The number of aryl methyl sites for hydroxylation is 2. The van der Waals surface area contributed by atoms with Gasteiger partial charge in [-0.2, -0.15) is 5.10 Å². The molecule has 0 saturated carbocycles. The molecule has 232 valence electrons. The van der Waals surface area contributed by atoms with Crippen molar-refractivity contribution in [3.8, 4) is 32.8 Å². The summed E-state index contributed by atoms with van der Waals surface area (Å²) >= 11 is 4.68. The fourth-order valence-corrected chi connectivity index (χ4v) is 8.21. The number of piperidine rings is 1. The number of nitrogens with zero attached hydrogens (tertiary/aromatic N) is 6. The van der Waals surface area contributed by atoms with Gasteiger partial charge in [-0.05, 0) is 51.2 Å². The highest BCUT2D eigenvalue weighted by Crippen LogP contribution is 2.39. The molecule has 13 heteroatoms. The van der Waals surface area contributed by atoms with E-state index in [1.54, 1.807) is 34.3 Å². The van der Waals surface area contributed by atoms with Gasteiger partial charge in [-0.15, -0.1) is 22.7 Å². The summed E-state index contributed by atoms with van der Waals surface area (Å²) in [5.41, 5.74) is 4.06. The average molecular weight is 661 g/mol. The zero-order chi connectivity index (χ0) is 31.1. The van der Waals surface area contributed by atoms with E-state index in [-0.39, 0.29) is 12.5 Å². The van der Waals surface area contributed by atoms with Crippen LogP contribution in [0.1, 0.15) is 45.2 Å². The largest absolute Gasteiger partial charge is 0.497 e. The lowest BCUT2D eigenvalue weighted by atomic mass is 9.93. The van der Waals surface area contributed by atoms with Crippen LogP contribution >= 0.6 is 34.0 Å². The third-order valence-corrected chi connectivity index (χ3v) is 11.1. The first kappa shape index (κ1) is 29.8. The summed E-state index contributed by atoms with van der Waals surface area (Å²) in [6.07, 6.45) is 4.61. The molecule has 1 amide bonds. The Hall–Kier alpha value is -3.91. The first-order chi connectivity index (χ1) is 21.9. The highest BCUT2D eigenvalue weighted by Gasteiger charge is 2.24. The molecular weight excluding hydrogens is 629 g/mol. The smallest absolute Gasteiger partial charge is 0.253 e. The third kappa shape index (κ3) is 6.05. The van der Waals surface area contributed by atoms with Crippen LogP contribution in [-0.2, 0) is 6.61 Å². The Kier molecular flexibility index (Phi) is 8.25. The number of aliphatic hydroxyl groups is 1. The molecular formula is C32H32N6O4S3. The number of carbonyl (C=O) groups excluding carboxylic acids is 1. The second-order valence-corrected chi connectivity index (χ2v) is 14.5. The number of amides is 1. The first-order valence-corrected chi connectivity index (χ1v) is 17.2. The Balaban J connectivity index is 1.06. The maximum absolute atomic E-state index is 13.1. The second-order valence-electron chi connectivity index (χ2n) is 11.1. The average Bonchev–Trinajstić information content (AvgIpc) is 3.82. The van der Waals surface area contributed by atoms with Crippen LogP contribution in [0.3, 0.4) is 0 Å². The molecule has 1 saturated heterocycles. The number of likely N-dealkylation sites (tertiary alicyclic amines) is 1. The number of hydrogen-bond acceptors (Lipinski definition) is 11. The summed E-state index contributed by atoms with van der Waals surface area (Å²) in [7, 11) is 1.63. The number of thiazole rings is 2. The number of hydrogen-bond donors (Lipinski definition) is 1. The summed E-state index contributed by atoms with van der Waals surface area (Å²) in [5, 5.41) is 16.3. The van der Waals surface area contributed by atoms with E-state index in [2.05, 4.69) is 5.10 Å². The topological polar surface area (TPSA) is 115 Å². The second kappa shape index (κ2) is 12.5. The lowest BCUT2D eigenvalue weighted by Gasteiger charge is -2.31. The number of methoxy groups -OCH3 is 1. The van der Waals surface area contributed by atoms with Gasteiger partial charge in [0, 0.05) is 47.8 Å². The number of rotatable bonds is 9. The maximum Gasteiger partial charge on any atom is 0.253 e. The van der Waals surface area contributed by atoms with Gasteiger partial charge in [-0.1, -0.05) is 23.5 Å². The van der Waals surface area contributed by atoms with Crippen LogP contribution in [0.2, 0.25) is 0 Å². The van der Waals surface area contributed by atoms with Crippen LogP contribution in [0.4, 0.5) is 0 Å². The molecule has 7 rings (SSSR count). The van der Waals surface area contributed by atoms with E-state index in [0.29, 0.717) is 29.6 Å². The minimum atomic E-state index is 0.0590. The molecule has 4 aromatic heterocycles. The van der Waals surface area contributed by atoms with E-state index < -0.39 is 0 Å². The monoisotopic (exact) mass is 660 g/mol.